The van der Waals surface area contributed by atoms with Crippen molar-refractivity contribution in [2.45, 2.75) is 77.0 Å². The number of fused-ring (bicyclic) bond motifs is 2. The van der Waals surface area contributed by atoms with Crippen LogP contribution in [0, 0.1) is 5.92 Å². The van der Waals surface area contributed by atoms with Crippen molar-refractivity contribution in [1.29, 1.82) is 0 Å². The van der Waals surface area contributed by atoms with Gasteiger partial charge in [0.2, 0.25) is 17.7 Å². The highest BCUT2D eigenvalue weighted by molar-refractivity contribution is 6.30. The van der Waals surface area contributed by atoms with E-state index in [2.05, 4.69) is 46.4 Å². The van der Waals surface area contributed by atoms with Gasteiger partial charge in [0, 0.05) is 56.6 Å². The predicted molar refractivity (Wildman–Crippen MR) is 261 cm³/mol. The number of nitrogens with one attached hydrogen (secondary N) is 1. The summed E-state index contributed by atoms with van der Waals surface area (Å²) in [4.78, 5) is 58.0. The van der Waals surface area contributed by atoms with Crippen LogP contribution in [-0.4, -0.2) is 105 Å². The summed E-state index contributed by atoms with van der Waals surface area (Å²) in [5.74, 6) is 1.12. The molecule has 4 heterocycles. The van der Waals surface area contributed by atoms with E-state index in [1.165, 1.54) is 4.57 Å². The molecule has 0 spiro atoms. The minimum atomic E-state index is -0.691. The minimum absolute atomic E-state index is 0.0110. The van der Waals surface area contributed by atoms with Gasteiger partial charge in [-0.1, -0.05) is 29.8 Å². The van der Waals surface area contributed by atoms with Gasteiger partial charge in [-0.2, -0.15) is 0 Å². The number of piperidine rings is 2. The lowest BCUT2D eigenvalue weighted by molar-refractivity contribution is -0.135. The Morgan fingerprint density at radius 3 is 2.27 bits per heavy atom. The molecule has 3 aliphatic rings. The molecule has 1 unspecified atom stereocenters. The zero-order valence-electron chi connectivity index (χ0n) is 39.3. The zero-order valence-corrected chi connectivity index (χ0v) is 40.1. The average Bonchev–Trinajstić information content (AvgIpc) is 3.56. The molecule has 2 atom stereocenters. The number of aromatic nitrogens is 2. The van der Waals surface area contributed by atoms with Gasteiger partial charge in [0.05, 0.1) is 56.5 Å². The van der Waals surface area contributed by atoms with Crippen LogP contribution < -0.4 is 30.3 Å². The number of benzene rings is 4. The van der Waals surface area contributed by atoms with Gasteiger partial charge in [-0.25, -0.2) is 4.79 Å². The van der Waals surface area contributed by atoms with E-state index >= 15 is 0 Å². The Balaban J connectivity index is 0.755. The molecule has 1 N–H and O–H groups in total. The van der Waals surface area contributed by atoms with E-state index in [0.29, 0.717) is 60.8 Å². The first kappa shape index (κ1) is 47.8. The molecule has 1 aromatic heterocycles. The summed E-state index contributed by atoms with van der Waals surface area (Å²) in [6.07, 6.45) is 4.60. The van der Waals surface area contributed by atoms with E-state index in [-0.39, 0.29) is 42.5 Å². The van der Waals surface area contributed by atoms with E-state index in [1.807, 2.05) is 73.3 Å². The number of halogens is 1. The molecule has 3 amide bonds. The van der Waals surface area contributed by atoms with Crippen LogP contribution in [-0.2, 0) is 43.7 Å². The summed E-state index contributed by atoms with van der Waals surface area (Å²) >= 11 is 6.32. The molecule has 356 valence electrons. The van der Waals surface area contributed by atoms with Crippen LogP contribution in [0.4, 0.5) is 11.4 Å². The number of aryl methyl sites for hydroxylation is 2. The monoisotopic (exact) mass is 934 g/mol. The molecular weight excluding hydrogens is 872 g/mol. The number of methoxy groups -OCH3 is 1. The van der Waals surface area contributed by atoms with Crippen molar-refractivity contribution in [2.24, 2.45) is 13.0 Å². The summed E-state index contributed by atoms with van der Waals surface area (Å²) in [6.45, 7) is 10.3. The quantitative estimate of drug-likeness (QED) is 0.0666. The SMILES string of the molecule is COc1cc2c(cc1OC(C)C)[C@H](c1ccc(Cl)cc1)N(c1ccc(N(C)CC3CCN(CCOCCOCCCc4ccc5c(c4)n(C)c(=O)n5C4CCC(=O)NC4=O)CC3)cc1)C(=O)C2. The highest BCUT2D eigenvalue weighted by Crippen LogP contribution is 2.44. The first-order valence-electron chi connectivity index (χ1n) is 23.6. The standard InChI is InChI=1S/C52H63ClN6O8/c1-34(2)67-47-32-42-38(30-46(47)64-5)31-49(61)58(50(42)37-9-11-39(53)12-10-37)41-15-13-40(14-16-41)55(3)33-36-20-22-57(23-21-36)24-26-66-28-27-65-25-6-7-35-8-17-43-45(29-35)56(4)52(63)59(43)44-18-19-48(60)54-51(44)62/h8-17,29-30,32,34,36,44,50H,6-7,18-28,31,33H2,1-5H3,(H,54,60,62)/t44?,50-/m0/s1. The van der Waals surface area contributed by atoms with E-state index in [4.69, 9.17) is 30.5 Å². The lowest BCUT2D eigenvalue weighted by Crippen LogP contribution is -2.44. The van der Waals surface area contributed by atoms with Gasteiger partial charge in [0.15, 0.2) is 11.5 Å². The van der Waals surface area contributed by atoms with Gasteiger partial charge in [0.25, 0.3) is 0 Å². The number of ether oxygens (including phenoxy) is 4. The number of hydrogen-bond donors (Lipinski definition) is 1. The molecule has 15 heteroatoms. The molecule has 0 aliphatic carbocycles. The molecule has 2 fully saturated rings. The lowest BCUT2D eigenvalue weighted by atomic mass is 9.86. The van der Waals surface area contributed by atoms with Crippen LogP contribution in [0.3, 0.4) is 0 Å². The van der Waals surface area contributed by atoms with Crippen LogP contribution in [0.5, 0.6) is 11.5 Å². The Morgan fingerprint density at radius 1 is 0.836 bits per heavy atom. The number of imidazole rings is 1. The molecule has 5 aromatic rings. The van der Waals surface area contributed by atoms with Crippen LogP contribution in [0.1, 0.15) is 80.3 Å². The second-order valence-corrected chi connectivity index (χ2v) is 18.7. The zero-order chi connectivity index (χ0) is 47.2. The maximum atomic E-state index is 14.0. The third-order valence-corrected chi connectivity index (χ3v) is 13.6. The summed E-state index contributed by atoms with van der Waals surface area (Å²) in [5, 5.41) is 2.99. The second-order valence-electron chi connectivity index (χ2n) is 18.3. The van der Waals surface area contributed by atoms with E-state index < -0.39 is 11.9 Å². The molecule has 3 aliphatic heterocycles. The van der Waals surface area contributed by atoms with Crippen molar-refractivity contribution in [3.05, 3.63) is 117 Å². The molecule has 0 saturated carbocycles. The first-order chi connectivity index (χ1) is 32.4. The number of carbonyl (C=O) groups excluding carboxylic acids is 3. The number of anilines is 2. The van der Waals surface area contributed by atoms with E-state index in [1.54, 1.807) is 18.7 Å². The summed E-state index contributed by atoms with van der Waals surface area (Å²) in [6, 6.07) is 24.9. The number of imide groups is 1. The molecule has 0 bridgehead atoms. The van der Waals surface area contributed by atoms with Crippen LogP contribution in [0.15, 0.2) is 83.7 Å². The number of hydrogen-bond acceptors (Lipinski definition) is 10. The van der Waals surface area contributed by atoms with Gasteiger partial charge in [0.1, 0.15) is 6.04 Å². The molecular formula is C52H63ClN6O8. The van der Waals surface area contributed by atoms with Gasteiger partial charge in [-0.3, -0.25) is 28.8 Å². The average molecular weight is 936 g/mol. The van der Waals surface area contributed by atoms with E-state index in [9.17, 15) is 19.2 Å². The minimum Gasteiger partial charge on any atom is -0.493 e. The maximum absolute atomic E-state index is 14.0. The Kier molecular flexibility index (Phi) is 15.4. The van der Waals surface area contributed by atoms with Crippen molar-refractivity contribution >= 4 is 51.7 Å². The fraction of sp³-hybridized carbons (Fsp3) is 0.462. The van der Waals surface area contributed by atoms with Crippen LogP contribution in [0.2, 0.25) is 5.02 Å². The van der Waals surface area contributed by atoms with Crippen molar-refractivity contribution in [3.63, 3.8) is 0 Å². The van der Waals surface area contributed by atoms with Crippen molar-refractivity contribution in [3.8, 4) is 11.5 Å². The maximum Gasteiger partial charge on any atom is 0.329 e. The Bertz CT molecular complexity index is 2600. The number of rotatable bonds is 19. The summed E-state index contributed by atoms with van der Waals surface area (Å²) in [5.41, 5.74) is 7.11. The summed E-state index contributed by atoms with van der Waals surface area (Å²) in [7, 11) is 5.48. The largest absolute Gasteiger partial charge is 0.493 e. The molecule has 67 heavy (non-hydrogen) atoms. The molecule has 4 aromatic carbocycles. The number of amides is 3. The van der Waals surface area contributed by atoms with Gasteiger partial charge < -0.3 is 33.6 Å². The fourth-order valence-corrected chi connectivity index (χ4v) is 9.90. The molecule has 0 radical (unpaired) electrons. The predicted octanol–water partition coefficient (Wildman–Crippen LogP) is 7.26. The van der Waals surface area contributed by atoms with Crippen molar-refractivity contribution in [2.75, 3.05) is 76.6 Å². The third kappa shape index (κ3) is 11.0. The van der Waals surface area contributed by atoms with Gasteiger partial charge >= 0.3 is 5.69 Å². The highest BCUT2D eigenvalue weighted by atomic mass is 35.5. The van der Waals surface area contributed by atoms with Gasteiger partial charge in [-0.05, 0) is 148 Å². The third-order valence-electron chi connectivity index (χ3n) is 13.3. The smallest absolute Gasteiger partial charge is 0.329 e. The van der Waals surface area contributed by atoms with Crippen LogP contribution in [0.25, 0.3) is 11.0 Å². The lowest BCUT2D eigenvalue weighted by Gasteiger charge is -2.38. The van der Waals surface area contributed by atoms with Crippen LogP contribution >= 0.6 is 11.6 Å². The molecule has 14 nitrogen and oxygen atoms in total. The van der Waals surface area contributed by atoms with Crippen molar-refractivity contribution in [1.82, 2.24) is 19.4 Å². The topological polar surface area (TPSA) is 137 Å². The number of carbonyl (C=O) groups is 3. The summed E-state index contributed by atoms with van der Waals surface area (Å²) < 4.78 is 26.7. The van der Waals surface area contributed by atoms with Crippen molar-refractivity contribution < 1.29 is 33.3 Å². The molecule has 8 rings (SSSR count). The highest BCUT2D eigenvalue weighted by Gasteiger charge is 2.36. The Morgan fingerprint density at radius 2 is 1.57 bits per heavy atom. The first-order valence-corrected chi connectivity index (χ1v) is 23.9. The second kappa shape index (κ2) is 21.5. The fourth-order valence-electron chi connectivity index (χ4n) is 9.77. The Labute approximate surface area is 397 Å². The normalized spacial score (nSPS) is 18.1. The number of likely N-dealkylation sites (tertiary alicyclic amines) is 1. The number of nitrogens with zero attached hydrogens (tertiary/aromatic N) is 5. The van der Waals surface area contributed by atoms with Gasteiger partial charge in [-0.15, -0.1) is 0 Å². The van der Waals surface area contributed by atoms with E-state index in [0.717, 1.165) is 91.0 Å². The Hall–Kier alpha value is -5.67. The molecule has 2 saturated heterocycles.